The molecule has 9 amide bonds. The number of nitrogens with one attached hydrogen (secondary N) is 7. The Kier molecular flexibility index (Phi) is 26.7. The molecule has 12 N–H and O–H groups in total. The third kappa shape index (κ3) is 21.4. The zero-order valence-electron chi connectivity index (χ0n) is 50.5. The van der Waals surface area contributed by atoms with Crippen molar-refractivity contribution >= 4 is 88.7 Å². The summed E-state index contributed by atoms with van der Waals surface area (Å²) < 4.78 is 4.76. The average molecular weight is 1270 g/mol. The van der Waals surface area contributed by atoms with Crippen LogP contribution in [0.1, 0.15) is 82.8 Å². The first-order chi connectivity index (χ1) is 42.8. The maximum Gasteiger partial charge on any atom is 0.317 e. The minimum absolute atomic E-state index is 0.0170. The number of hydrogen-bond donors (Lipinski definition) is 12. The maximum absolute atomic E-state index is 14.3. The quantitative estimate of drug-likeness (QED) is 0.0309. The maximum atomic E-state index is 14.3. The van der Waals surface area contributed by atoms with Gasteiger partial charge in [-0.25, -0.2) is 0 Å². The minimum Gasteiger partial charge on any atom is -0.481 e. The number of nitrogens with zero attached hydrogens (tertiary/aromatic N) is 6. The number of piperazine rings is 1. The second-order valence-corrected chi connectivity index (χ2v) is 23.0. The Bertz CT molecular complexity index is 2810. The number of carboxylic acids is 4. The molecule has 90 heavy (non-hydrogen) atoms. The van der Waals surface area contributed by atoms with Crippen LogP contribution in [0.4, 0.5) is 5.69 Å². The third-order valence-electron chi connectivity index (χ3n) is 16.4. The normalized spacial score (nSPS) is 21.2. The zero-order chi connectivity index (χ0) is 65.8. The fourth-order valence-electron chi connectivity index (χ4n) is 11.2. The van der Waals surface area contributed by atoms with Gasteiger partial charge in [0, 0.05) is 111 Å². The van der Waals surface area contributed by atoms with Gasteiger partial charge in [0.25, 0.3) is 0 Å². The molecule has 1 aromatic rings. The van der Waals surface area contributed by atoms with Crippen LogP contribution in [0.5, 0.6) is 0 Å². The summed E-state index contributed by atoms with van der Waals surface area (Å²) in [7, 11) is 0. The van der Waals surface area contributed by atoms with E-state index in [-0.39, 0.29) is 103 Å². The molecule has 8 atom stereocenters. The second-order valence-electron chi connectivity index (χ2n) is 23.0. The summed E-state index contributed by atoms with van der Waals surface area (Å²) in [5, 5.41) is 65.8. The van der Waals surface area contributed by atoms with E-state index in [9.17, 15) is 92.7 Å². The Hall–Kier alpha value is -8.40. The van der Waals surface area contributed by atoms with Crippen molar-refractivity contribution in [2.24, 2.45) is 5.92 Å². The summed E-state index contributed by atoms with van der Waals surface area (Å²) in [5.74, 6) is -11.7. The molecule has 33 nitrogen and oxygen atoms in total. The Morgan fingerprint density at radius 3 is 1.70 bits per heavy atom. The van der Waals surface area contributed by atoms with Gasteiger partial charge in [0.2, 0.25) is 59.5 Å². The van der Waals surface area contributed by atoms with Crippen LogP contribution >= 0.6 is 0 Å². The number of aliphatic hydroxyl groups excluding tert-OH is 1. The second kappa shape index (κ2) is 34.0. The molecule has 0 saturated carbocycles. The number of aryl methyl sites for hydroxylation is 1. The lowest BCUT2D eigenvalue weighted by Gasteiger charge is -2.36. The van der Waals surface area contributed by atoms with Crippen molar-refractivity contribution in [3.05, 3.63) is 29.3 Å². The number of esters is 1. The Balaban J connectivity index is 0.942. The van der Waals surface area contributed by atoms with Gasteiger partial charge in [-0.2, -0.15) is 0 Å². The minimum atomic E-state index is -1.56. The lowest BCUT2D eigenvalue weighted by atomic mass is 9.97. The van der Waals surface area contributed by atoms with Crippen molar-refractivity contribution in [1.82, 2.24) is 61.7 Å². The average Bonchev–Trinajstić information content (AvgIpc) is 1.63. The summed E-state index contributed by atoms with van der Waals surface area (Å²) in [6, 6.07) is -1.93. The molecule has 0 bridgehead atoms. The molecule has 5 heterocycles. The van der Waals surface area contributed by atoms with E-state index in [1.165, 1.54) is 4.90 Å². The lowest BCUT2D eigenvalue weighted by Crippen LogP contribution is -2.59. The van der Waals surface area contributed by atoms with E-state index < -0.39 is 151 Å². The molecule has 6 rings (SSSR count). The molecule has 5 aliphatic rings. The van der Waals surface area contributed by atoms with Crippen molar-refractivity contribution in [2.45, 2.75) is 127 Å². The molecule has 3 unspecified atom stereocenters. The smallest absolute Gasteiger partial charge is 0.317 e. The number of rotatable bonds is 31. The third-order valence-corrected chi connectivity index (χ3v) is 16.4. The molecule has 33 heteroatoms. The summed E-state index contributed by atoms with van der Waals surface area (Å²) in [6.45, 7) is 5.21. The van der Waals surface area contributed by atoms with Crippen LogP contribution in [0.3, 0.4) is 0 Å². The molecular formula is C57H83N13O20. The topological polar surface area (TPSA) is 453 Å². The highest BCUT2D eigenvalue weighted by Gasteiger charge is 2.46. The van der Waals surface area contributed by atoms with E-state index in [2.05, 4.69) is 37.2 Å². The molecule has 0 spiro atoms. The van der Waals surface area contributed by atoms with E-state index in [0.29, 0.717) is 57.8 Å². The van der Waals surface area contributed by atoms with Gasteiger partial charge in [-0.3, -0.25) is 91.6 Å². The van der Waals surface area contributed by atoms with Crippen LogP contribution in [0.25, 0.3) is 0 Å². The predicted molar refractivity (Wildman–Crippen MR) is 312 cm³/mol. The molecular weight excluding hydrogens is 1190 g/mol. The van der Waals surface area contributed by atoms with Crippen LogP contribution in [-0.2, 0) is 84.7 Å². The van der Waals surface area contributed by atoms with Gasteiger partial charge in [0.1, 0.15) is 36.3 Å². The van der Waals surface area contributed by atoms with Crippen LogP contribution in [-0.4, -0.2) is 280 Å². The first-order valence-corrected chi connectivity index (χ1v) is 30.2. The Labute approximate surface area is 518 Å². The molecule has 3 fully saturated rings. The largest absolute Gasteiger partial charge is 0.481 e. The summed E-state index contributed by atoms with van der Waals surface area (Å²) >= 11 is 0. The van der Waals surface area contributed by atoms with E-state index in [1.807, 2.05) is 11.0 Å². The zero-order valence-corrected chi connectivity index (χ0v) is 50.5. The lowest BCUT2D eigenvalue weighted by molar-refractivity contribution is -0.155. The predicted octanol–water partition coefficient (Wildman–Crippen LogP) is -5.40. The first kappa shape index (κ1) is 70.7. The van der Waals surface area contributed by atoms with E-state index in [1.54, 1.807) is 45.6 Å². The Morgan fingerprint density at radius 2 is 1.13 bits per heavy atom. The number of cyclic esters (lactones) is 1. The van der Waals surface area contributed by atoms with E-state index >= 15 is 0 Å². The molecule has 3 saturated heterocycles. The number of carbonyl (C=O) groups excluding carboxylic acids is 10. The van der Waals surface area contributed by atoms with Crippen molar-refractivity contribution < 1.29 is 97.4 Å². The monoisotopic (exact) mass is 1270 g/mol. The number of aliphatic carboxylic acids is 4. The van der Waals surface area contributed by atoms with Crippen LogP contribution < -0.4 is 42.1 Å². The number of para-hydroxylation sites is 1. The summed E-state index contributed by atoms with van der Waals surface area (Å²) in [6.07, 6.45) is -3.39. The van der Waals surface area contributed by atoms with Crippen molar-refractivity contribution in [3.8, 4) is 0 Å². The standard InChI is InChI=1S/C57H83N13O20/c1-3-33(2)50(55(87)62-38-8-7-34-5-4-6-35-27-40(70(51(34)35)56(38)88)54(86)63-39-28-49(83)90-57(39)89)64-42(72)14-15-58-41(71)13-16-59-52(84)36(9-11-45(75)76)61-53(85)37(10-12-46(77)78)60-43(73)29-65-23-25-69(26-24-65)44(74)30-66-17-19-67(31-47(79)80)21-22-68(20-18-66)32-48(81)82/h4-6,33,36-40,50,57,89H,3,7-32H2,1-2H3,(H,58,71)(H,59,84)(H,60,73)(H,61,85)(H,62,87)(H,63,86)(H,64,72)(H,75,76)(H,77,78)(H,79,80)(H,81,82)/t33-,36?,37+,38-,39?,40-,50-,57?/m0/s1. The number of anilines is 1. The van der Waals surface area contributed by atoms with Crippen molar-refractivity contribution in [2.75, 3.05) is 110 Å². The molecule has 5 aliphatic heterocycles. The summed E-state index contributed by atoms with van der Waals surface area (Å²) in [5.41, 5.74) is 2.04. The number of benzene rings is 1. The van der Waals surface area contributed by atoms with Gasteiger partial charge < -0.3 is 72.4 Å². The molecule has 0 radical (unpaired) electrons. The number of amides is 9. The van der Waals surface area contributed by atoms with Gasteiger partial charge in [0.05, 0.1) is 38.3 Å². The Morgan fingerprint density at radius 1 is 0.589 bits per heavy atom. The van der Waals surface area contributed by atoms with Crippen LogP contribution in [0.2, 0.25) is 0 Å². The van der Waals surface area contributed by atoms with Gasteiger partial charge >= 0.3 is 29.8 Å². The molecule has 1 aromatic carbocycles. The van der Waals surface area contributed by atoms with Crippen molar-refractivity contribution in [3.63, 3.8) is 0 Å². The van der Waals surface area contributed by atoms with Crippen LogP contribution in [0, 0.1) is 5.92 Å². The van der Waals surface area contributed by atoms with E-state index in [0.717, 1.165) is 11.1 Å². The fourth-order valence-corrected chi connectivity index (χ4v) is 11.2. The van der Waals surface area contributed by atoms with Gasteiger partial charge in [0.15, 0.2) is 0 Å². The molecule has 496 valence electrons. The first-order valence-electron chi connectivity index (χ1n) is 30.2. The van der Waals surface area contributed by atoms with E-state index in [4.69, 9.17) is 4.74 Å². The SMILES string of the molecule is CC[C@H](C)[C@H](NC(=O)CCNC(=O)CCNC(=O)C(CCC(=O)O)NC(=O)[C@@H](CCC(=O)O)NC(=O)CN1CCN(C(=O)CN2CCN(CC(=O)O)CCN(CC(=O)O)CC2)CC1)C(=O)N[C@H]1CCc2cccc3c2N(C1=O)[C@H](C(=O)NC1CC(=O)OC1O)C3. The number of ether oxygens (including phenoxy) is 1. The van der Waals surface area contributed by atoms with Gasteiger partial charge in [-0.15, -0.1) is 0 Å². The number of hydrogen-bond acceptors (Lipinski definition) is 20. The highest BCUT2D eigenvalue weighted by molar-refractivity contribution is 6.08. The molecule has 0 aromatic heterocycles. The number of carbonyl (C=O) groups is 14. The number of carboxylic acid groups (broad SMARTS) is 4. The van der Waals surface area contributed by atoms with Gasteiger partial charge in [-0.1, -0.05) is 38.5 Å². The summed E-state index contributed by atoms with van der Waals surface area (Å²) in [4.78, 5) is 190. The highest BCUT2D eigenvalue weighted by atomic mass is 16.6. The van der Waals surface area contributed by atoms with Crippen molar-refractivity contribution in [1.29, 1.82) is 0 Å². The fraction of sp³-hybridized carbons (Fsp3) is 0.649. The highest BCUT2D eigenvalue weighted by Crippen LogP contribution is 2.39. The number of aliphatic hydroxyl groups is 1. The molecule has 0 aliphatic carbocycles. The van der Waals surface area contributed by atoms with Gasteiger partial charge in [-0.05, 0) is 42.7 Å². The van der Waals surface area contributed by atoms with Crippen LogP contribution in [0.15, 0.2) is 18.2 Å².